The number of nitrogens with one attached hydrogen (secondary N) is 1. The molecule has 5 N–H and O–H groups in total. The molecule has 0 saturated carbocycles. The van der Waals surface area contributed by atoms with E-state index in [-0.39, 0.29) is 0 Å². The van der Waals surface area contributed by atoms with E-state index >= 15 is 0 Å². The second-order valence-electron chi connectivity index (χ2n) is 7.77. The highest BCUT2D eigenvalue weighted by molar-refractivity contribution is 6.38. The van der Waals surface area contributed by atoms with Gasteiger partial charge in [-0.3, -0.25) is 4.99 Å². The third-order valence-corrected chi connectivity index (χ3v) is 6.11. The maximum Gasteiger partial charge on any atom is 0.0985 e. The van der Waals surface area contributed by atoms with E-state index in [4.69, 9.17) is 28.9 Å². The van der Waals surface area contributed by atoms with Crippen molar-refractivity contribution in [1.29, 1.82) is 0 Å². The molecule has 0 heterocycles. The van der Waals surface area contributed by atoms with Crippen molar-refractivity contribution in [2.24, 2.45) is 4.99 Å². The Morgan fingerprint density at radius 1 is 1.00 bits per heavy atom. The molecule has 2 unspecified atom stereocenters. The van der Waals surface area contributed by atoms with Crippen LogP contribution in [0, 0.1) is 0 Å². The van der Waals surface area contributed by atoms with E-state index in [1.54, 1.807) is 12.1 Å². The minimum atomic E-state index is -0.703. The van der Waals surface area contributed by atoms with Gasteiger partial charge in [-0.1, -0.05) is 65.2 Å². The molecule has 0 saturated heterocycles. The number of rotatable bonds is 9. The zero-order valence-electron chi connectivity index (χ0n) is 17.4. The molecule has 5 nitrogen and oxygen atoms in total. The Balaban J connectivity index is 1.39. The van der Waals surface area contributed by atoms with Crippen molar-refractivity contribution >= 4 is 34.6 Å². The molecule has 1 aliphatic carbocycles. The summed E-state index contributed by atoms with van der Waals surface area (Å²) in [6.07, 6.45) is 4.64. The van der Waals surface area contributed by atoms with Gasteiger partial charge in [-0.2, -0.15) is 0 Å². The van der Waals surface area contributed by atoms with Crippen LogP contribution in [-0.4, -0.2) is 35.6 Å². The Kier molecular flexibility index (Phi) is 8.93. The molecule has 7 heteroatoms. The van der Waals surface area contributed by atoms with E-state index in [0.29, 0.717) is 34.4 Å². The number of aliphatic imine (C=N–C) groups is 1. The van der Waals surface area contributed by atoms with Crippen LogP contribution < -0.4 is 11.1 Å². The monoisotopic (exact) mass is 461 g/mol. The maximum atomic E-state index is 10.3. The Hall–Kier alpha value is -1.89. The van der Waals surface area contributed by atoms with Crippen molar-refractivity contribution in [2.75, 3.05) is 25.4 Å². The van der Waals surface area contributed by atoms with Gasteiger partial charge >= 0.3 is 0 Å². The Morgan fingerprint density at radius 2 is 1.71 bits per heavy atom. The van der Waals surface area contributed by atoms with Crippen molar-refractivity contribution in [2.45, 2.75) is 37.9 Å². The fraction of sp³-hybridized carbons (Fsp3) is 0.375. The molecule has 2 aromatic rings. The fourth-order valence-corrected chi connectivity index (χ4v) is 4.04. The average molecular weight is 462 g/mol. The van der Waals surface area contributed by atoms with E-state index in [1.165, 1.54) is 5.57 Å². The van der Waals surface area contributed by atoms with Crippen molar-refractivity contribution in [1.82, 2.24) is 5.32 Å². The lowest BCUT2D eigenvalue weighted by molar-refractivity contribution is 0.175. The highest BCUT2D eigenvalue weighted by atomic mass is 35.5. The van der Waals surface area contributed by atoms with Gasteiger partial charge in [-0.25, -0.2) is 0 Å². The lowest BCUT2D eigenvalue weighted by Gasteiger charge is -2.17. The predicted octanol–water partition coefficient (Wildman–Crippen LogP) is 4.87. The van der Waals surface area contributed by atoms with Gasteiger partial charge in [0.2, 0.25) is 0 Å². The molecule has 0 amide bonds. The summed E-state index contributed by atoms with van der Waals surface area (Å²) >= 11 is 12.1. The quantitative estimate of drug-likeness (QED) is 0.243. The number of nitrogen functional groups attached to an aromatic ring is 1. The molecule has 0 fully saturated rings. The van der Waals surface area contributed by atoms with Crippen molar-refractivity contribution in [3.05, 3.63) is 75.3 Å². The molecule has 0 spiro atoms. The number of nitrogens with zero attached hydrogens (tertiary/aromatic N) is 1. The van der Waals surface area contributed by atoms with Crippen molar-refractivity contribution < 1.29 is 10.2 Å². The molecule has 1 aliphatic rings. The Bertz CT molecular complexity index is 909. The number of allylic oxidation sites excluding steroid dienone is 1. The molecule has 3 rings (SSSR count). The van der Waals surface area contributed by atoms with Crippen LogP contribution in [0.25, 0.3) is 0 Å². The van der Waals surface area contributed by atoms with Crippen LogP contribution in [0.15, 0.2) is 59.1 Å². The second kappa shape index (κ2) is 11.7. The largest absolute Gasteiger partial charge is 0.396 e. The smallest absolute Gasteiger partial charge is 0.0985 e. The first kappa shape index (κ1) is 23.8. The number of hydrogen-bond acceptors (Lipinski definition) is 5. The third kappa shape index (κ3) is 7.06. The summed E-state index contributed by atoms with van der Waals surface area (Å²) in [6, 6.07) is 12.9. The van der Waals surface area contributed by atoms with Gasteiger partial charge in [-0.05, 0) is 49.1 Å². The third-order valence-electron chi connectivity index (χ3n) is 5.48. The number of benzene rings is 2. The van der Waals surface area contributed by atoms with Crippen molar-refractivity contribution in [3.8, 4) is 0 Å². The first-order valence-corrected chi connectivity index (χ1v) is 11.3. The molecular weight excluding hydrogens is 433 g/mol. The van der Waals surface area contributed by atoms with Gasteiger partial charge in [0.25, 0.3) is 0 Å². The zero-order chi connectivity index (χ0) is 22.2. The first-order chi connectivity index (χ1) is 14.9. The number of nitrogens with two attached hydrogens (primary N) is 1. The zero-order valence-corrected chi connectivity index (χ0v) is 18.9. The summed E-state index contributed by atoms with van der Waals surface area (Å²) in [5.41, 5.74) is 10.1. The summed E-state index contributed by atoms with van der Waals surface area (Å²) in [4.78, 5) is 4.61. The fourth-order valence-electron chi connectivity index (χ4n) is 3.54. The Labute approximate surface area is 193 Å². The van der Waals surface area contributed by atoms with E-state index in [0.717, 1.165) is 43.5 Å². The van der Waals surface area contributed by atoms with Crippen LogP contribution in [0.1, 0.15) is 49.0 Å². The number of hydrogen-bond donors (Lipinski definition) is 4. The summed E-state index contributed by atoms with van der Waals surface area (Å²) in [6.45, 7) is 1.59. The lowest BCUT2D eigenvalue weighted by atomic mass is 9.95. The number of aliphatic hydroxyl groups is 2. The van der Waals surface area contributed by atoms with E-state index in [9.17, 15) is 10.2 Å². The van der Waals surface area contributed by atoms with Gasteiger partial charge in [0.15, 0.2) is 0 Å². The van der Waals surface area contributed by atoms with E-state index in [1.807, 2.05) is 30.3 Å². The molecule has 0 aliphatic heterocycles. The summed E-state index contributed by atoms with van der Waals surface area (Å²) in [7, 11) is 0. The van der Waals surface area contributed by atoms with Crippen LogP contribution in [-0.2, 0) is 0 Å². The van der Waals surface area contributed by atoms with E-state index in [2.05, 4.69) is 16.4 Å². The topological polar surface area (TPSA) is 90.9 Å². The predicted molar refractivity (Wildman–Crippen MR) is 129 cm³/mol. The number of anilines is 1. The molecule has 0 radical (unpaired) electrons. The summed E-state index contributed by atoms with van der Waals surface area (Å²) in [5, 5.41) is 24.6. The standard InChI is InChI=1S/C24H29Cl2N3O2/c25-20-12-18(13-21(26)24(20)27)22(30)14-28-11-10-16-6-8-19(9-7-16)29-15-23(31)17-4-2-1-3-5-17/h1-6,12-13,22-23,28,30-31H,7-11,14-15,27H2. The van der Waals surface area contributed by atoms with Crippen LogP contribution in [0.4, 0.5) is 5.69 Å². The number of halogens is 2. The van der Waals surface area contributed by atoms with E-state index < -0.39 is 12.2 Å². The average Bonchev–Trinajstić information content (AvgIpc) is 2.79. The van der Waals surface area contributed by atoms with Crippen LogP contribution in [0.5, 0.6) is 0 Å². The van der Waals surface area contributed by atoms with Crippen LogP contribution >= 0.6 is 23.2 Å². The molecule has 166 valence electrons. The first-order valence-electron chi connectivity index (χ1n) is 10.5. The lowest BCUT2D eigenvalue weighted by Crippen LogP contribution is -2.23. The van der Waals surface area contributed by atoms with Crippen LogP contribution in [0.3, 0.4) is 0 Å². The number of aliphatic hydroxyl groups excluding tert-OH is 2. The van der Waals surface area contributed by atoms with Gasteiger partial charge in [0.05, 0.1) is 34.5 Å². The highest BCUT2D eigenvalue weighted by Gasteiger charge is 2.13. The minimum absolute atomic E-state index is 0.328. The summed E-state index contributed by atoms with van der Waals surface area (Å²) in [5.74, 6) is 0. The van der Waals surface area contributed by atoms with Gasteiger partial charge < -0.3 is 21.3 Å². The molecule has 2 aromatic carbocycles. The maximum absolute atomic E-state index is 10.3. The SMILES string of the molecule is Nc1c(Cl)cc(C(O)CNCCC2=CCC(=NCC(O)c3ccccc3)CC2)cc1Cl. The molecule has 2 atom stereocenters. The molecular formula is C24H29Cl2N3O2. The molecule has 0 aromatic heterocycles. The molecule has 31 heavy (non-hydrogen) atoms. The summed E-state index contributed by atoms with van der Waals surface area (Å²) < 4.78 is 0. The normalized spacial score (nSPS) is 17.4. The Morgan fingerprint density at radius 3 is 2.35 bits per heavy atom. The minimum Gasteiger partial charge on any atom is -0.396 e. The van der Waals surface area contributed by atoms with Gasteiger partial charge in [0.1, 0.15) is 0 Å². The van der Waals surface area contributed by atoms with Crippen molar-refractivity contribution in [3.63, 3.8) is 0 Å². The highest BCUT2D eigenvalue weighted by Crippen LogP contribution is 2.31. The van der Waals surface area contributed by atoms with Gasteiger partial charge in [0, 0.05) is 18.7 Å². The molecule has 0 bridgehead atoms. The van der Waals surface area contributed by atoms with Gasteiger partial charge in [-0.15, -0.1) is 0 Å². The second-order valence-corrected chi connectivity index (χ2v) is 8.58. The van der Waals surface area contributed by atoms with Crippen LogP contribution in [0.2, 0.25) is 10.0 Å².